The zero-order valence-corrected chi connectivity index (χ0v) is 9.24. The summed E-state index contributed by atoms with van der Waals surface area (Å²) in [5.41, 5.74) is 1.81. The molecular weight excluding hydrogens is 207 g/mol. The lowest BCUT2D eigenvalue weighted by atomic mass is 10.2. The fourth-order valence-electron chi connectivity index (χ4n) is 1.49. The minimum Gasteiger partial charge on any atom is -0.314 e. The summed E-state index contributed by atoms with van der Waals surface area (Å²) in [6, 6.07) is 5.21. The smallest absolute Gasteiger partial charge is 0.151 e. The second kappa shape index (κ2) is 4.40. The van der Waals surface area contributed by atoms with Gasteiger partial charge in [-0.15, -0.1) is 5.10 Å². The Morgan fingerprint density at radius 3 is 3.00 bits per heavy atom. The first-order valence-electron chi connectivity index (χ1n) is 5.03. The molecule has 2 rings (SSSR count). The van der Waals surface area contributed by atoms with Crippen LogP contribution >= 0.6 is 0 Å². The van der Waals surface area contributed by atoms with E-state index in [1.165, 1.54) is 4.68 Å². The Bertz CT molecular complexity index is 492. The highest BCUT2D eigenvalue weighted by Gasteiger charge is 2.08. The molecule has 16 heavy (non-hydrogen) atoms. The molecule has 84 valence electrons. The second-order valence-corrected chi connectivity index (χ2v) is 3.59. The molecule has 0 amide bonds. The van der Waals surface area contributed by atoms with E-state index in [1.54, 1.807) is 31.3 Å². The summed E-state index contributed by atoms with van der Waals surface area (Å²) in [5.74, 6) is -0.261. The molecule has 1 N–H and O–H groups in total. The fraction of sp³-hybridized carbons (Fsp3) is 0.273. The average Bonchev–Trinajstić information content (AvgIpc) is 2.71. The highest BCUT2D eigenvalue weighted by molar-refractivity contribution is 5.36. The molecule has 1 heterocycles. The number of nitrogens with zero attached hydrogens (tertiary/aromatic N) is 3. The Morgan fingerprint density at radius 1 is 1.44 bits per heavy atom. The molecule has 0 aliphatic heterocycles. The largest absolute Gasteiger partial charge is 0.314 e. The average molecular weight is 220 g/mol. The van der Waals surface area contributed by atoms with Gasteiger partial charge in [0.2, 0.25) is 0 Å². The molecule has 1 aromatic carbocycles. The molecule has 0 aliphatic carbocycles. The molecule has 0 unspecified atom stereocenters. The number of hydrogen-bond donors (Lipinski definition) is 1. The van der Waals surface area contributed by atoms with Crippen LogP contribution in [0.2, 0.25) is 0 Å². The third-order valence-electron chi connectivity index (χ3n) is 2.32. The van der Waals surface area contributed by atoms with Gasteiger partial charge in [-0.25, -0.2) is 9.07 Å². The van der Waals surface area contributed by atoms with Gasteiger partial charge in [-0.05, 0) is 25.6 Å². The maximum absolute atomic E-state index is 13.8. The van der Waals surface area contributed by atoms with Crippen molar-refractivity contribution in [2.75, 3.05) is 7.05 Å². The van der Waals surface area contributed by atoms with Gasteiger partial charge in [-0.1, -0.05) is 17.3 Å². The maximum atomic E-state index is 13.8. The van der Waals surface area contributed by atoms with Crippen molar-refractivity contribution < 1.29 is 4.39 Å². The summed E-state index contributed by atoms with van der Waals surface area (Å²) in [5, 5.41) is 10.8. The van der Waals surface area contributed by atoms with E-state index >= 15 is 0 Å². The van der Waals surface area contributed by atoms with Crippen LogP contribution in [0.3, 0.4) is 0 Å². The minimum absolute atomic E-state index is 0.261. The lowest BCUT2D eigenvalue weighted by Crippen LogP contribution is -2.05. The van der Waals surface area contributed by atoms with Crippen LogP contribution in [0.25, 0.3) is 5.69 Å². The highest BCUT2D eigenvalue weighted by Crippen LogP contribution is 2.15. The molecule has 2 aromatic rings. The van der Waals surface area contributed by atoms with Crippen molar-refractivity contribution in [2.45, 2.75) is 13.5 Å². The van der Waals surface area contributed by atoms with E-state index in [1.807, 2.05) is 7.05 Å². The van der Waals surface area contributed by atoms with E-state index in [4.69, 9.17) is 0 Å². The molecular formula is C11H13FN4. The molecule has 0 spiro atoms. The number of halogens is 1. The lowest BCUT2D eigenvalue weighted by molar-refractivity contribution is 0.598. The van der Waals surface area contributed by atoms with Crippen LogP contribution in [0.15, 0.2) is 24.4 Å². The minimum atomic E-state index is -0.261. The van der Waals surface area contributed by atoms with Crippen molar-refractivity contribution in [1.82, 2.24) is 20.3 Å². The van der Waals surface area contributed by atoms with Gasteiger partial charge < -0.3 is 5.32 Å². The SMILES string of the molecule is CNCc1cn(-c2cccc(C)c2F)nn1. The number of hydrogen-bond acceptors (Lipinski definition) is 3. The Hall–Kier alpha value is -1.75. The fourth-order valence-corrected chi connectivity index (χ4v) is 1.49. The van der Waals surface area contributed by atoms with Gasteiger partial charge >= 0.3 is 0 Å². The summed E-state index contributed by atoms with van der Waals surface area (Å²) in [7, 11) is 1.83. The number of aromatic nitrogens is 3. The van der Waals surface area contributed by atoms with Crippen LogP contribution in [0.1, 0.15) is 11.3 Å². The summed E-state index contributed by atoms with van der Waals surface area (Å²) in [4.78, 5) is 0. The maximum Gasteiger partial charge on any atom is 0.151 e. The van der Waals surface area contributed by atoms with Gasteiger partial charge in [0.15, 0.2) is 5.82 Å². The third kappa shape index (κ3) is 1.94. The molecule has 5 heteroatoms. The lowest BCUT2D eigenvalue weighted by Gasteiger charge is -2.03. The van der Waals surface area contributed by atoms with E-state index in [2.05, 4.69) is 15.6 Å². The Kier molecular flexibility index (Phi) is 2.96. The van der Waals surface area contributed by atoms with Crippen LogP contribution in [0, 0.1) is 12.7 Å². The standard InChI is InChI=1S/C11H13FN4/c1-8-4-3-5-10(11(8)12)16-7-9(6-13-2)14-15-16/h3-5,7,13H,6H2,1-2H3. The quantitative estimate of drug-likeness (QED) is 0.851. The molecule has 0 saturated heterocycles. The van der Waals surface area contributed by atoms with Gasteiger partial charge in [-0.2, -0.15) is 0 Å². The summed E-state index contributed by atoms with van der Waals surface area (Å²) in [6.45, 7) is 2.34. The van der Waals surface area contributed by atoms with Crippen LogP contribution in [0.5, 0.6) is 0 Å². The van der Waals surface area contributed by atoms with E-state index < -0.39 is 0 Å². The first-order valence-corrected chi connectivity index (χ1v) is 5.03. The number of aryl methyl sites for hydroxylation is 1. The zero-order chi connectivity index (χ0) is 11.5. The predicted octanol–water partition coefficient (Wildman–Crippen LogP) is 1.43. The monoisotopic (exact) mass is 220 g/mol. The summed E-state index contributed by atoms with van der Waals surface area (Å²) < 4.78 is 15.2. The molecule has 0 bridgehead atoms. The van der Waals surface area contributed by atoms with E-state index in [0.29, 0.717) is 17.8 Å². The molecule has 0 aliphatic rings. The molecule has 0 saturated carbocycles. The van der Waals surface area contributed by atoms with Crippen molar-refractivity contribution >= 4 is 0 Å². The topological polar surface area (TPSA) is 42.7 Å². The van der Waals surface area contributed by atoms with Gasteiger partial charge in [-0.3, -0.25) is 0 Å². The number of benzene rings is 1. The van der Waals surface area contributed by atoms with Gasteiger partial charge in [0, 0.05) is 6.54 Å². The van der Waals surface area contributed by atoms with Crippen LogP contribution < -0.4 is 5.32 Å². The van der Waals surface area contributed by atoms with Crippen LogP contribution in [0.4, 0.5) is 4.39 Å². The Morgan fingerprint density at radius 2 is 2.25 bits per heavy atom. The normalized spacial score (nSPS) is 10.7. The number of nitrogens with one attached hydrogen (secondary N) is 1. The van der Waals surface area contributed by atoms with E-state index in [-0.39, 0.29) is 5.82 Å². The Labute approximate surface area is 93.1 Å². The first kappa shape index (κ1) is 10.8. The van der Waals surface area contributed by atoms with Crippen molar-refractivity contribution in [1.29, 1.82) is 0 Å². The van der Waals surface area contributed by atoms with Gasteiger partial charge in [0.05, 0.1) is 11.9 Å². The molecule has 4 nitrogen and oxygen atoms in total. The van der Waals surface area contributed by atoms with Crippen molar-refractivity contribution in [3.05, 3.63) is 41.5 Å². The predicted molar refractivity (Wildman–Crippen MR) is 58.8 cm³/mol. The van der Waals surface area contributed by atoms with Gasteiger partial charge in [0.1, 0.15) is 5.69 Å². The Balaban J connectivity index is 2.39. The molecule has 0 radical (unpaired) electrons. The molecule has 0 fully saturated rings. The van der Waals surface area contributed by atoms with Gasteiger partial charge in [0.25, 0.3) is 0 Å². The van der Waals surface area contributed by atoms with Crippen LogP contribution in [-0.4, -0.2) is 22.0 Å². The third-order valence-corrected chi connectivity index (χ3v) is 2.32. The first-order chi connectivity index (χ1) is 7.72. The summed E-state index contributed by atoms with van der Waals surface area (Å²) in [6.07, 6.45) is 1.72. The zero-order valence-electron chi connectivity index (χ0n) is 9.24. The van der Waals surface area contributed by atoms with Crippen molar-refractivity contribution in [3.63, 3.8) is 0 Å². The molecule has 1 aromatic heterocycles. The molecule has 0 atom stereocenters. The number of rotatable bonds is 3. The summed E-state index contributed by atoms with van der Waals surface area (Å²) >= 11 is 0. The van der Waals surface area contributed by atoms with Crippen molar-refractivity contribution in [3.8, 4) is 5.69 Å². The second-order valence-electron chi connectivity index (χ2n) is 3.59. The van der Waals surface area contributed by atoms with E-state index in [0.717, 1.165) is 5.69 Å². The van der Waals surface area contributed by atoms with Crippen molar-refractivity contribution in [2.24, 2.45) is 0 Å². The highest BCUT2D eigenvalue weighted by atomic mass is 19.1. The van der Waals surface area contributed by atoms with Crippen LogP contribution in [-0.2, 0) is 6.54 Å². The van der Waals surface area contributed by atoms with E-state index in [9.17, 15) is 4.39 Å².